The smallest absolute Gasteiger partial charge is 0.305 e. The third-order valence-corrected chi connectivity index (χ3v) is 2.46. The molecule has 0 fully saturated rings. The molecule has 20 heavy (non-hydrogen) atoms. The molecule has 0 spiro atoms. The van der Waals surface area contributed by atoms with E-state index in [-0.39, 0.29) is 18.5 Å². The Morgan fingerprint density at radius 2 is 2.05 bits per heavy atom. The van der Waals surface area contributed by atoms with Crippen LogP contribution >= 0.6 is 0 Å². The molecule has 0 saturated heterocycles. The number of hydrogen-bond donors (Lipinski definition) is 2. The van der Waals surface area contributed by atoms with Gasteiger partial charge in [0.05, 0.1) is 12.3 Å². The molecule has 110 valence electrons. The standard InChI is InChI=1S/C14H20N2O4/c1-2-19-14(18)8-5-9-16-13(17)10-20-12-7-4-3-6-11(12)15/h3-4,6-7H,2,5,8-10,15H2,1H3,(H,16,17). The average molecular weight is 280 g/mol. The van der Waals surface area contributed by atoms with Gasteiger partial charge in [-0.1, -0.05) is 12.1 Å². The lowest BCUT2D eigenvalue weighted by molar-refractivity contribution is -0.143. The second kappa shape index (κ2) is 8.79. The van der Waals surface area contributed by atoms with Crippen LogP contribution in [0.1, 0.15) is 19.8 Å². The first kappa shape index (κ1) is 15.8. The Bertz CT molecular complexity index is 449. The molecule has 0 radical (unpaired) electrons. The number of nitrogens with one attached hydrogen (secondary N) is 1. The number of rotatable bonds is 8. The van der Waals surface area contributed by atoms with E-state index in [0.29, 0.717) is 37.4 Å². The third kappa shape index (κ3) is 6.08. The Kier molecular flexibility index (Phi) is 6.95. The summed E-state index contributed by atoms with van der Waals surface area (Å²) in [5.41, 5.74) is 6.17. The summed E-state index contributed by atoms with van der Waals surface area (Å²) in [4.78, 5) is 22.6. The molecule has 6 heteroatoms. The van der Waals surface area contributed by atoms with E-state index in [1.54, 1.807) is 31.2 Å². The van der Waals surface area contributed by atoms with E-state index in [4.69, 9.17) is 15.2 Å². The highest BCUT2D eigenvalue weighted by Crippen LogP contribution is 2.19. The van der Waals surface area contributed by atoms with Gasteiger partial charge < -0.3 is 20.5 Å². The maximum Gasteiger partial charge on any atom is 0.305 e. The zero-order valence-corrected chi connectivity index (χ0v) is 11.6. The lowest BCUT2D eigenvalue weighted by Crippen LogP contribution is -2.30. The van der Waals surface area contributed by atoms with E-state index in [9.17, 15) is 9.59 Å². The van der Waals surface area contributed by atoms with Crippen molar-refractivity contribution in [2.75, 3.05) is 25.5 Å². The SMILES string of the molecule is CCOC(=O)CCCNC(=O)COc1ccccc1N. The molecular formula is C14H20N2O4. The first-order valence-electron chi connectivity index (χ1n) is 6.53. The van der Waals surface area contributed by atoms with Gasteiger partial charge in [0, 0.05) is 13.0 Å². The fourth-order valence-electron chi connectivity index (χ4n) is 1.50. The number of esters is 1. The zero-order chi connectivity index (χ0) is 14.8. The van der Waals surface area contributed by atoms with Crippen LogP contribution in [-0.4, -0.2) is 31.6 Å². The second-order valence-electron chi connectivity index (χ2n) is 4.09. The van der Waals surface area contributed by atoms with E-state index >= 15 is 0 Å². The number of carbonyl (C=O) groups is 2. The van der Waals surface area contributed by atoms with Crippen molar-refractivity contribution in [3.63, 3.8) is 0 Å². The van der Waals surface area contributed by atoms with Crippen LogP contribution in [0.4, 0.5) is 5.69 Å². The lowest BCUT2D eigenvalue weighted by atomic mass is 10.3. The minimum absolute atomic E-state index is 0.104. The minimum Gasteiger partial charge on any atom is -0.482 e. The van der Waals surface area contributed by atoms with E-state index in [2.05, 4.69) is 5.32 Å². The molecule has 6 nitrogen and oxygen atoms in total. The predicted molar refractivity (Wildman–Crippen MR) is 75.2 cm³/mol. The predicted octanol–water partition coefficient (Wildman–Crippen LogP) is 1.11. The van der Waals surface area contributed by atoms with Gasteiger partial charge in [0.15, 0.2) is 6.61 Å². The van der Waals surface area contributed by atoms with Crippen molar-refractivity contribution in [1.82, 2.24) is 5.32 Å². The van der Waals surface area contributed by atoms with Crippen LogP contribution in [0.5, 0.6) is 5.75 Å². The summed E-state index contributed by atoms with van der Waals surface area (Å²) < 4.78 is 10.1. The molecule has 0 heterocycles. The van der Waals surface area contributed by atoms with E-state index in [1.807, 2.05) is 0 Å². The van der Waals surface area contributed by atoms with Crippen LogP contribution in [0.25, 0.3) is 0 Å². The Morgan fingerprint density at radius 1 is 1.30 bits per heavy atom. The Labute approximate surface area is 118 Å². The number of ether oxygens (including phenoxy) is 2. The average Bonchev–Trinajstić information content (AvgIpc) is 2.43. The van der Waals surface area contributed by atoms with Gasteiger partial charge in [-0.05, 0) is 25.5 Å². The molecule has 0 saturated carbocycles. The van der Waals surface area contributed by atoms with Gasteiger partial charge in [-0.15, -0.1) is 0 Å². The highest BCUT2D eigenvalue weighted by atomic mass is 16.5. The summed E-state index contributed by atoms with van der Waals surface area (Å²) in [5, 5.41) is 2.66. The number of para-hydroxylation sites is 2. The Balaban J connectivity index is 2.15. The fourth-order valence-corrected chi connectivity index (χ4v) is 1.50. The molecular weight excluding hydrogens is 260 g/mol. The molecule has 0 bridgehead atoms. The molecule has 0 unspecified atom stereocenters. The van der Waals surface area contributed by atoms with Crippen molar-refractivity contribution in [3.05, 3.63) is 24.3 Å². The number of hydrogen-bond acceptors (Lipinski definition) is 5. The minimum atomic E-state index is -0.255. The van der Waals surface area contributed by atoms with Gasteiger partial charge in [-0.25, -0.2) is 0 Å². The molecule has 3 N–H and O–H groups in total. The first-order valence-corrected chi connectivity index (χ1v) is 6.53. The molecule has 1 aromatic carbocycles. The quantitative estimate of drug-likeness (QED) is 0.423. The molecule has 0 aromatic heterocycles. The third-order valence-electron chi connectivity index (χ3n) is 2.46. The number of benzene rings is 1. The van der Waals surface area contributed by atoms with Crippen molar-refractivity contribution in [2.24, 2.45) is 0 Å². The van der Waals surface area contributed by atoms with Gasteiger partial charge in [0.2, 0.25) is 0 Å². The van der Waals surface area contributed by atoms with Crippen molar-refractivity contribution < 1.29 is 19.1 Å². The van der Waals surface area contributed by atoms with E-state index in [0.717, 1.165) is 0 Å². The summed E-state index contributed by atoms with van der Waals surface area (Å²) in [6.45, 7) is 2.43. The van der Waals surface area contributed by atoms with E-state index < -0.39 is 0 Å². The summed E-state index contributed by atoms with van der Waals surface area (Å²) in [6, 6.07) is 6.97. The molecule has 1 rings (SSSR count). The zero-order valence-electron chi connectivity index (χ0n) is 11.6. The van der Waals surface area contributed by atoms with Crippen LogP contribution in [0.15, 0.2) is 24.3 Å². The normalized spacial score (nSPS) is 9.85. The summed E-state index contributed by atoms with van der Waals surface area (Å²) >= 11 is 0. The monoisotopic (exact) mass is 280 g/mol. The molecule has 0 aliphatic heterocycles. The second-order valence-corrected chi connectivity index (χ2v) is 4.09. The fraction of sp³-hybridized carbons (Fsp3) is 0.429. The maximum absolute atomic E-state index is 11.5. The van der Waals surface area contributed by atoms with E-state index in [1.165, 1.54) is 0 Å². The van der Waals surface area contributed by atoms with Gasteiger partial charge in [0.1, 0.15) is 5.75 Å². The number of nitrogens with two attached hydrogens (primary N) is 1. The Morgan fingerprint density at radius 3 is 2.75 bits per heavy atom. The van der Waals surface area contributed by atoms with Crippen LogP contribution in [-0.2, 0) is 14.3 Å². The number of nitrogen functional groups attached to an aromatic ring is 1. The lowest BCUT2D eigenvalue weighted by Gasteiger charge is -2.09. The summed E-state index contributed by atoms with van der Waals surface area (Å²) in [5.74, 6) is -0.0265. The molecule has 1 aromatic rings. The van der Waals surface area contributed by atoms with Crippen LogP contribution < -0.4 is 15.8 Å². The van der Waals surface area contributed by atoms with Crippen molar-refractivity contribution >= 4 is 17.6 Å². The van der Waals surface area contributed by atoms with Crippen LogP contribution in [0.2, 0.25) is 0 Å². The summed E-state index contributed by atoms with van der Waals surface area (Å²) in [7, 11) is 0. The topological polar surface area (TPSA) is 90.6 Å². The number of amides is 1. The largest absolute Gasteiger partial charge is 0.482 e. The van der Waals surface area contributed by atoms with Gasteiger partial charge >= 0.3 is 5.97 Å². The van der Waals surface area contributed by atoms with Crippen LogP contribution in [0, 0.1) is 0 Å². The summed E-state index contributed by atoms with van der Waals surface area (Å²) in [6.07, 6.45) is 0.832. The van der Waals surface area contributed by atoms with Gasteiger partial charge in [-0.2, -0.15) is 0 Å². The highest BCUT2D eigenvalue weighted by Gasteiger charge is 2.05. The highest BCUT2D eigenvalue weighted by molar-refractivity contribution is 5.77. The van der Waals surface area contributed by atoms with Crippen molar-refractivity contribution in [1.29, 1.82) is 0 Å². The number of carbonyl (C=O) groups excluding carboxylic acids is 2. The molecule has 0 aliphatic carbocycles. The number of anilines is 1. The molecule has 0 atom stereocenters. The molecule has 1 amide bonds. The van der Waals surface area contributed by atoms with Gasteiger partial charge in [0.25, 0.3) is 5.91 Å². The van der Waals surface area contributed by atoms with Crippen molar-refractivity contribution in [3.8, 4) is 5.75 Å². The molecule has 0 aliphatic rings. The van der Waals surface area contributed by atoms with Crippen molar-refractivity contribution in [2.45, 2.75) is 19.8 Å². The Hall–Kier alpha value is -2.24. The maximum atomic E-state index is 11.5. The first-order chi connectivity index (χ1) is 9.63. The van der Waals surface area contributed by atoms with Gasteiger partial charge in [-0.3, -0.25) is 9.59 Å². The van der Waals surface area contributed by atoms with Crippen LogP contribution in [0.3, 0.4) is 0 Å².